The molecule has 5 heteroatoms. The van der Waals surface area contributed by atoms with Crippen molar-refractivity contribution in [3.05, 3.63) is 0 Å². The number of hydrogen-bond acceptors (Lipinski definition) is 4. The first-order valence-corrected chi connectivity index (χ1v) is 5.95. The van der Waals surface area contributed by atoms with Crippen molar-refractivity contribution >= 4 is 5.91 Å². The topological polar surface area (TPSA) is 81.6 Å². The number of nitrogens with zero attached hydrogens (tertiary/aromatic N) is 1. The molecular weight excluding hydrogens is 218 g/mol. The van der Waals surface area contributed by atoms with Crippen LogP contribution in [-0.4, -0.2) is 47.2 Å². The van der Waals surface area contributed by atoms with Gasteiger partial charge in [-0.3, -0.25) is 9.69 Å². The molecule has 0 bridgehead atoms. The molecule has 17 heavy (non-hydrogen) atoms. The Morgan fingerprint density at radius 1 is 1.29 bits per heavy atom. The Kier molecular flexibility index (Phi) is 3.58. The van der Waals surface area contributed by atoms with E-state index in [1.807, 2.05) is 27.7 Å². The van der Waals surface area contributed by atoms with E-state index in [9.17, 15) is 4.79 Å². The fourth-order valence-corrected chi connectivity index (χ4v) is 2.60. The summed E-state index contributed by atoms with van der Waals surface area (Å²) in [6.07, 6.45) is 0. The van der Waals surface area contributed by atoms with Crippen LogP contribution in [0.3, 0.4) is 0 Å². The Balaban J connectivity index is 2.76. The quantitative estimate of drug-likeness (QED) is 0.735. The first-order chi connectivity index (χ1) is 7.44. The minimum Gasteiger partial charge on any atom is -0.368 e. The van der Waals surface area contributed by atoms with Crippen LogP contribution in [0.25, 0.3) is 0 Å². The maximum Gasteiger partial charge on any atom is 0.238 e. The molecule has 0 aromatic heterocycles. The Bertz CT molecular complexity index is 295. The highest BCUT2D eigenvalue weighted by molar-refractivity contribution is 5.84. The SMILES string of the molecule is CC1(C)CN(CC(C)(N)C(N)=O)CC(C)(C)O1. The van der Waals surface area contributed by atoms with E-state index in [1.165, 1.54) is 0 Å². The van der Waals surface area contributed by atoms with Gasteiger partial charge in [0, 0.05) is 19.6 Å². The van der Waals surface area contributed by atoms with Gasteiger partial charge in [0.1, 0.15) is 5.54 Å². The predicted octanol–water partition coefficient (Wildman–Crippen LogP) is 0.0785. The first-order valence-electron chi connectivity index (χ1n) is 5.95. The third-order valence-electron chi connectivity index (χ3n) is 2.88. The molecule has 1 fully saturated rings. The Morgan fingerprint density at radius 2 is 1.71 bits per heavy atom. The molecule has 0 aromatic carbocycles. The van der Waals surface area contributed by atoms with Gasteiger partial charge in [-0.25, -0.2) is 0 Å². The van der Waals surface area contributed by atoms with Crippen molar-refractivity contribution in [3.63, 3.8) is 0 Å². The zero-order valence-electron chi connectivity index (χ0n) is 11.5. The van der Waals surface area contributed by atoms with Crippen molar-refractivity contribution in [2.45, 2.75) is 51.4 Å². The fourth-order valence-electron chi connectivity index (χ4n) is 2.60. The number of ether oxygens (including phenoxy) is 1. The molecule has 0 aliphatic carbocycles. The third-order valence-corrected chi connectivity index (χ3v) is 2.88. The number of carbonyl (C=O) groups excluding carboxylic acids is 1. The van der Waals surface area contributed by atoms with E-state index in [-0.39, 0.29) is 11.2 Å². The van der Waals surface area contributed by atoms with Gasteiger partial charge in [0.25, 0.3) is 0 Å². The van der Waals surface area contributed by atoms with Crippen molar-refractivity contribution in [1.82, 2.24) is 4.90 Å². The number of rotatable bonds is 3. The highest BCUT2D eigenvalue weighted by atomic mass is 16.5. The van der Waals surface area contributed by atoms with Gasteiger partial charge in [-0.05, 0) is 34.6 Å². The van der Waals surface area contributed by atoms with Gasteiger partial charge in [0.2, 0.25) is 5.91 Å². The zero-order chi connectivity index (χ0) is 13.5. The van der Waals surface area contributed by atoms with Crippen LogP contribution < -0.4 is 11.5 Å². The number of carbonyl (C=O) groups is 1. The van der Waals surface area contributed by atoms with Gasteiger partial charge >= 0.3 is 0 Å². The molecule has 1 saturated heterocycles. The van der Waals surface area contributed by atoms with E-state index in [1.54, 1.807) is 6.92 Å². The van der Waals surface area contributed by atoms with Crippen LogP contribution in [0.2, 0.25) is 0 Å². The number of nitrogens with two attached hydrogens (primary N) is 2. The van der Waals surface area contributed by atoms with Crippen molar-refractivity contribution in [3.8, 4) is 0 Å². The lowest BCUT2D eigenvalue weighted by atomic mass is 9.95. The highest BCUT2D eigenvalue weighted by Gasteiger charge is 2.40. The molecule has 0 radical (unpaired) electrons. The maximum atomic E-state index is 11.3. The first kappa shape index (κ1) is 14.4. The minimum absolute atomic E-state index is 0.241. The van der Waals surface area contributed by atoms with E-state index in [0.29, 0.717) is 6.54 Å². The van der Waals surface area contributed by atoms with Gasteiger partial charge in [0.05, 0.1) is 11.2 Å². The zero-order valence-corrected chi connectivity index (χ0v) is 11.5. The minimum atomic E-state index is -0.997. The van der Waals surface area contributed by atoms with Crippen LogP contribution in [0, 0.1) is 0 Å². The summed E-state index contributed by atoms with van der Waals surface area (Å²) in [6, 6.07) is 0. The van der Waals surface area contributed by atoms with Crippen LogP contribution in [0.5, 0.6) is 0 Å². The molecule has 1 aliphatic rings. The normalized spacial score (nSPS) is 27.4. The summed E-state index contributed by atoms with van der Waals surface area (Å²) in [5.74, 6) is -0.473. The molecule has 0 spiro atoms. The number of morpholine rings is 1. The summed E-state index contributed by atoms with van der Waals surface area (Å²) < 4.78 is 5.97. The Morgan fingerprint density at radius 3 is 2.06 bits per heavy atom. The second-order valence-electron chi connectivity index (χ2n) is 6.55. The average Bonchev–Trinajstić information content (AvgIpc) is 1.94. The molecule has 5 nitrogen and oxygen atoms in total. The van der Waals surface area contributed by atoms with Gasteiger partial charge in [-0.2, -0.15) is 0 Å². The number of primary amides is 1. The van der Waals surface area contributed by atoms with Gasteiger partial charge in [-0.15, -0.1) is 0 Å². The average molecular weight is 243 g/mol. The summed E-state index contributed by atoms with van der Waals surface area (Å²) in [6.45, 7) is 11.8. The molecule has 0 saturated carbocycles. The van der Waals surface area contributed by atoms with Crippen LogP contribution in [0.15, 0.2) is 0 Å². The van der Waals surface area contributed by atoms with Gasteiger partial charge in [0.15, 0.2) is 0 Å². The van der Waals surface area contributed by atoms with Crippen LogP contribution in [-0.2, 0) is 9.53 Å². The molecule has 1 rings (SSSR count). The van der Waals surface area contributed by atoms with Crippen molar-refractivity contribution in [2.75, 3.05) is 19.6 Å². The fraction of sp³-hybridized carbons (Fsp3) is 0.917. The second-order valence-corrected chi connectivity index (χ2v) is 6.55. The summed E-state index contributed by atoms with van der Waals surface area (Å²) >= 11 is 0. The third kappa shape index (κ3) is 3.94. The lowest BCUT2D eigenvalue weighted by Gasteiger charge is -2.48. The van der Waals surface area contributed by atoms with E-state index >= 15 is 0 Å². The van der Waals surface area contributed by atoms with Crippen LogP contribution in [0.4, 0.5) is 0 Å². The van der Waals surface area contributed by atoms with E-state index in [0.717, 1.165) is 13.1 Å². The number of hydrogen-bond donors (Lipinski definition) is 2. The molecule has 1 heterocycles. The van der Waals surface area contributed by atoms with Gasteiger partial charge in [-0.1, -0.05) is 0 Å². The monoisotopic (exact) mass is 243 g/mol. The van der Waals surface area contributed by atoms with Crippen molar-refractivity contribution in [2.24, 2.45) is 11.5 Å². The number of amides is 1. The molecule has 1 atom stereocenters. The molecule has 0 aromatic rings. The Hall–Kier alpha value is -0.650. The molecule has 4 N–H and O–H groups in total. The molecule has 1 unspecified atom stereocenters. The van der Waals surface area contributed by atoms with Crippen LogP contribution in [0.1, 0.15) is 34.6 Å². The standard InChI is InChI=1S/C12H25N3O2/c1-10(2)6-15(7-11(3,4)17-10)8-12(5,14)9(13)16/h6-8,14H2,1-5H3,(H2,13,16). The lowest BCUT2D eigenvalue weighted by molar-refractivity contribution is -0.182. The summed E-state index contributed by atoms with van der Waals surface area (Å²) in [7, 11) is 0. The summed E-state index contributed by atoms with van der Waals surface area (Å²) in [4.78, 5) is 13.4. The second kappa shape index (κ2) is 4.23. The predicted molar refractivity (Wildman–Crippen MR) is 67.5 cm³/mol. The van der Waals surface area contributed by atoms with Crippen molar-refractivity contribution in [1.29, 1.82) is 0 Å². The largest absolute Gasteiger partial charge is 0.368 e. The molecule has 1 aliphatic heterocycles. The summed E-state index contributed by atoms with van der Waals surface area (Å²) in [5.41, 5.74) is 9.73. The molecular formula is C12H25N3O2. The lowest BCUT2D eigenvalue weighted by Crippen LogP contribution is -2.63. The smallest absolute Gasteiger partial charge is 0.238 e. The Labute approximate surface area is 103 Å². The highest BCUT2D eigenvalue weighted by Crippen LogP contribution is 2.28. The van der Waals surface area contributed by atoms with Crippen LogP contribution >= 0.6 is 0 Å². The maximum absolute atomic E-state index is 11.3. The summed E-state index contributed by atoms with van der Waals surface area (Å²) in [5, 5.41) is 0. The van der Waals surface area contributed by atoms with Crippen molar-refractivity contribution < 1.29 is 9.53 Å². The molecule has 1 amide bonds. The van der Waals surface area contributed by atoms with E-state index in [4.69, 9.17) is 16.2 Å². The van der Waals surface area contributed by atoms with Gasteiger partial charge < -0.3 is 16.2 Å². The van der Waals surface area contributed by atoms with E-state index < -0.39 is 11.4 Å². The molecule has 100 valence electrons. The van der Waals surface area contributed by atoms with E-state index in [2.05, 4.69) is 4.90 Å².